The molecule has 0 spiro atoms. The predicted octanol–water partition coefficient (Wildman–Crippen LogP) is 4.12. The summed E-state index contributed by atoms with van der Waals surface area (Å²) in [6.07, 6.45) is 2.35. The van der Waals surface area contributed by atoms with E-state index in [0.29, 0.717) is 6.42 Å². The molecule has 3 rings (SSSR count). The molecule has 0 saturated carbocycles. The first-order valence-electron chi connectivity index (χ1n) is 8.02. The van der Waals surface area contributed by atoms with E-state index in [1.165, 1.54) is 16.2 Å². The maximum Gasteiger partial charge on any atom is 0.252 e. The fraction of sp³-hybridized carbons (Fsp3) is 0.263. The number of thiazole rings is 1. The lowest BCUT2D eigenvalue weighted by Crippen LogP contribution is -2.16. The molecule has 0 unspecified atom stereocenters. The molecular formula is C19H20N2O2S2. The summed E-state index contributed by atoms with van der Waals surface area (Å²) in [5.74, 6) is 0.682. The fourth-order valence-corrected chi connectivity index (χ4v) is 4.18. The average molecular weight is 373 g/mol. The molecule has 1 aromatic heterocycles. The molecule has 2 aromatic carbocycles. The first-order valence-corrected chi connectivity index (χ1v) is 10.1. The zero-order chi connectivity index (χ0) is 17.8. The largest absolute Gasteiger partial charge is 0.497 e. The van der Waals surface area contributed by atoms with Crippen molar-refractivity contribution >= 4 is 39.2 Å². The molecule has 1 amide bonds. The molecule has 0 bridgehead atoms. The summed E-state index contributed by atoms with van der Waals surface area (Å²) in [5.41, 5.74) is 2.06. The monoisotopic (exact) mass is 372 g/mol. The number of carbonyl (C=O) groups excluding carboxylic acids is 1. The maximum atomic E-state index is 12.4. The molecule has 0 N–H and O–H groups in total. The van der Waals surface area contributed by atoms with Crippen molar-refractivity contribution in [2.75, 3.05) is 13.4 Å². The lowest BCUT2D eigenvalue weighted by Gasteiger charge is -2.02. The van der Waals surface area contributed by atoms with Crippen LogP contribution < -0.4 is 9.54 Å². The number of ether oxygens (including phenoxy) is 1. The van der Waals surface area contributed by atoms with Crippen LogP contribution in [0.3, 0.4) is 0 Å². The first-order chi connectivity index (χ1) is 12.1. The van der Waals surface area contributed by atoms with Crippen molar-refractivity contribution in [3.63, 3.8) is 0 Å². The first kappa shape index (κ1) is 17.8. The predicted molar refractivity (Wildman–Crippen MR) is 105 cm³/mol. The van der Waals surface area contributed by atoms with Gasteiger partial charge in [-0.1, -0.05) is 23.5 Å². The molecule has 0 saturated heterocycles. The van der Waals surface area contributed by atoms with Crippen molar-refractivity contribution in [2.24, 2.45) is 4.99 Å². The molecule has 4 nitrogen and oxygen atoms in total. The number of fused-ring (bicyclic) bond motifs is 1. The Morgan fingerprint density at radius 1 is 1.24 bits per heavy atom. The number of hydrogen-bond donors (Lipinski definition) is 0. The second kappa shape index (κ2) is 7.89. The van der Waals surface area contributed by atoms with E-state index in [-0.39, 0.29) is 5.91 Å². The highest BCUT2D eigenvalue weighted by molar-refractivity contribution is 7.98. The Hall–Kier alpha value is -2.05. The van der Waals surface area contributed by atoms with E-state index in [9.17, 15) is 4.79 Å². The number of carbonyl (C=O) groups is 1. The lowest BCUT2D eigenvalue weighted by atomic mass is 10.1. The number of thioether (sulfide) groups is 1. The van der Waals surface area contributed by atoms with Crippen molar-refractivity contribution in [3.05, 3.63) is 52.8 Å². The van der Waals surface area contributed by atoms with Crippen molar-refractivity contribution in [3.8, 4) is 5.75 Å². The molecular weight excluding hydrogens is 352 g/mol. The van der Waals surface area contributed by atoms with Gasteiger partial charge in [-0.25, -0.2) is 0 Å². The second-order valence-corrected chi connectivity index (χ2v) is 7.38. The lowest BCUT2D eigenvalue weighted by molar-refractivity contribution is -0.117. The zero-order valence-electron chi connectivity index (χ0n) is 14.5. The van der Waals surface area contributed by atoms with Crippen LogP contribution in [0.25, 0.3) is 10.2 Å². The number of amides is 1. The SMILES string of the molecule is CCn1c(=NC(=O)Cc2ccc(SC)cc2)sc2cc(OC)ccc21. The van der Waals surface area contributed by atoms with E-state index in [4.69, 9.17) is 4.74 Å². The Morgan fingerprint density at radius 3 is 2.64 bits per heavy atom. The van der Waals surface area contributed by atoms with Gasteiger partial charge in [-0.3, -0.25) is 4.79 Å². The fourth-order valence-electron chi connectivity index (χ4n) is 2.64. The Labute approximate surface area is 155 Å². The minimum atomic E-state index is -0.127. The van der Waals surface area contributed by atoms with Gasteiger partial charge in [0.25, 0.3) is 5.91 Å². The van der Waals surface area contributed by atoms with Crippen LogP contribution in [0.5, 0.6) is 5.75 Å². The highest BCUT2D eigenvalue weighted by Gasteiger charge is 2.08. The smallest absolute Gasteiger partial charge is 0.252 e. The molecule has 0 aliphatic rings. The molecule has 0 aliphatic carbocycles. The minimum Gasteiger partial charge on any atom is -0.497 e. The number of aryl methyl sites for hydroxylation is 1. The van der Waals surface area contributed by atoms with E-state index in [1.807, 2.05) is 48.7 Å². The number of benzene rings is 2. The molecule has 25 heavy (non-hydrogen) atoms. The molecule has 1 heterocycles. The van der Waals surface area contributed by atoms with Crippen LogP contribution in [-0.4, -0.2) is 23.8 Å². The zero-order valence-corrected chi connectivity index (χ0v) is 16.1. The number of aromatic nitrogens is 1. The summed E-state index contributed by atoms with van der Waals surface area (Å²) in [6.45, 7) is 2.82. The number of rotatable bonds is 5. The highest BCUT2D eigenvalue weighted by Crippen LogP contribution is 2.23. The Morgan fingerprint density at radius 2 is 2.00 bits per heavy atom. The number of nitrogens with zero attached hydrogens (tertiary/aromatic N) is 2. The average Bonchev–Trinajstić information content (AvgIpc) is 2.97. The van der Waals surface area contributed by atoms with Gasteiger partial charge >= 0.3 is 0 Å². The van der Waals surface area contributed by atoms with Crippen LogP contribution in [0.2, 0.25) is 0 Å². The van der Waals surface area contributed by atoms with Crippen LogP contribution in [0.15, 0.2) is 52.4 Å². The second-order valence-electron chi connectivity index (χ2n) is 5.49. The molecule has 0 atom stereocenters. The quantitative estimate of drug-likeness (QED) is 0.633. The molecule has 130 valence electrons. The van der Waals surface area contributed by atoms with Crippen LogP contribution in [-0.2, 0) is 17.8 Å². The van der Waals surface area contributed by atoms with E-state index >= 15 is 0 Å². The van der Waals surface area contributed by atoms with E-state index in [1.54, 1.807) is 18.9 Å². The molecule has 0 radical (unpaired) electrons. The summed E-state index contributed by atoms with van der Waals surface area (Å²) < 4.78 is 8.41. The molecule has 3 aromatic rings. The van der Waals surface area contributed by atoms with Crippen LogP contribution >= 0.6 is 23.1 Å². The van der Waals surface area contributed by atoms with E-state index in [0.717, 1.165) is 32.9 Å². The van der Waals surface area contributed by atoms with Gasteiger partial charge in [-0.2, -0.15) is 4.99 Å². The van der Waals surface area contributed by atoms with Crippen molar-refractivity contribution < 1.29 is 9.53 Å². The molecule has 6 heteroatoms. The summed E-state index contributed by atoms with van der Waals surface area (Å²) in [4.78, 5) is 18.7. The normalized spacial score (nSPS) is 11.9. The van der Waals surface area contributed by atoms with Gasteiger partial charge in [0.05, 0.1) is 23.7 Å². The van der Waals surface area contributed by atoms with Gasteiger partial charge < -0.3 is 9.30 Å². The van der Waals surface area contributed by atoms with Gasteiger partial charge in [-0.05, 0) is 49.1 Å². The van der Waals surface area contributed by atoms with Crippen LogP contribution in [0.4, 0.5) is 0 Å². The third-order valence-corrected chi connectivity index (χ3v) is 5.73. The van der Waals surface area contributed by atoms with Crippen LogP contribution in [0.1, 0.15) is 12.5 Å². The maximum absolute atomic E-state index is 12.4. The van der Waals surface area contributed by atoms with Gasteiger partial charge in [-0.15, -0.1) is 11.8 Å². The third-order valence-electron chi connectivity index (χ3n) is 3.94. The van der Waals surface area contributed by atoms with E-state index < -0.39 is 0 Å². The van der Waals surface area contributed by atoms with Gasteiger partial charge in [0, 0.05) is 11.4 Å². The van der Waals surface area contributed by atoms with Crippen molar-refractivity contribution in [1.82, 2.24) is 4.57 Å². The standard InChI is InChI=1S/C19H20N2O2S2/c1-4-21-16-10-7-14(23-2)12-17(16)25-19(21)20-18(22)11-13-5-8-15(24-3)9-6-13/h5-10,12H,4,11H2,1-3H3. The Kier molecular flexibility index (Phi) is 5.60. The summed E-state index contributed by atoms with van der Waals surface area (Å²) >= 11 is 3.20. The summed E-state index contributed by atoms with van der Waals surface area (Å²) in [7, 11) is 1.65. The minimum absolute atomic E-state index is 0.127. The van der Waals surface area contributed by atoms with Crippen molar-refractivity contribution in [1.29, 1.82) is 0 Å². The Bertz CT molecular complexity index is 956. The molecule has 0 fully saturated rings. The number of hydrogen-bond acceptors (Lipinski definition) is 4. The number of methoxy groups -OCH3 is 1. The third kappa shape index (κ3) is 3.96. The van der Waals surface area contributed by atoms with Gasteiger partial charge in [0.2, 0.25) is 0 Å². The summed E-state index contributed by atoms with van der Waals surface area (Å²) in [6, 6.07) is 14.0. The topological polar surface area (TPSA) is 43.6 Å². The summed E-state index contributed by atoms with van der Waals surface area (Å²) in [5, 5.41) is 0. The molecule has 0 aliphatic heterocycles. The van der Waals surface area contributed by atoms with Crippen molar-refractivity contribution in [2.45, 2.75) is 24.8 Å². The van der Waals surface area contributed by atoms with Gasteiger partial charge in [0.1, 0.15) is 5.75 Å². The van der Waals surface area contributed by atoms with Gasteiger partial charge in [0.15, 0.2) is 4.80 Å². The van der Waals surface area contributed by atoms with E-state index in [2.05, 4.69) is 16.5 Å². The van der Waals surface area contributed by atoms with Crippen LogP contribution in [0, 0.1) is 0 Å². The highest BCUT2D eigenvalue weighted by atomic mass is 32.2. The Balaban J connectivity index is 1.92.